The first-order chi connectivity index (χ1) is 18.4. The van der Waals surface area contributed by atoms with E-state index in [0.29, 0.717) is 0 Å². The Morgan fingerprint density at radius 2 is 1.32 bits per heavy atom. The minimum Gasteiger partial charge on any atom is -0.309 e. The number of nitrogens with zero attached hydrogens (tertiary/aromatic N) is 3. The number of pyridine rings is 2. The number of hydrogen-bond acceptors (Lipinski definition) is 3. The molecule has 38 heavy (non-hydrogen) atoms. The van der Waals surface area contributed by atoms with Crippen molar-refractivity contribution in [3.8, 4) is 22.5 Å². The van der Waals surface area contributed by atoms with Gasteiger partial charge in [0.15, 0.2) is 0 Å². The smallest absolute Gasteiger partial charge is 0.0705 e. The lowest BCUT2D eigenvalue weighted by molar-refractivity contribution is 0.589. The number of para-hydroxylation sites is 1. The van der Waals surface area contributed by atoms with Crippen molar-refractivity contribution < 1.29 is 0 Å². The largest absolute Gasteiger partial charge is 0.309 e. The fraction of sp³-hybridized carbons (Fsp3) is 0.143. The van der Waals surface area contributed by atoms with Crippen molar-refractivity contribution in [3.05, 3.63) is 126 Å². The summed E-state index contributed by atoms with van der Waals surface area (Å²) >= 11 is 0. The Balaban J connectivity index is 1.53. The van der Waals surface area contributed by atoms with E-state index in [1.165, 1.54) is 16.7 Å². The summed E-state index contributed by atoms with van der Waals surface area (Å²) in [7, 11) is 0. The highest BCUT2D eigenvalue weighted by Crippen LogP contribution is 2.44. The molecule has 0 saturated heterocycles. The minimum absolute atomic E-state index is 0.0569. The molecule has 3 nitrogen and oxygen atoms in total. The van der Waals surface area contributed by atoms with E-state index in [2.05, 4.69) is 135 Å². The Hall–Kier alpha value is -4.50. The molecule has 2 aromatic heterocycles. The molecule has 0 bridgehead atoms. The van der Waals surface area contributed by atoms with Crippen molar-refractivity contribution in [2.45, 2.75) is 33.1 Å². The molecule has 1 aliphatic heterocycles. The topological polar surface area (TPSA) is 29.0 Å². The van der Waals surface area contributed by atoms with Crippen LogP contribution in [0.15, 0.2) is 103 Å². The standard InChI is InChI=1S/C35H31N3/c1-24-16-18-36-31(20-24)27-9-7-10-30(21-27)38-33-11-6-5-8-25(33)12-13-26-14-15-28(22-34(26)38)32-23-29(17-19-37-32)35(2,3)4/h5-23H,1-4H3. The van der Waals surface area contributed by atoms with Crippen molar-refractivity contribution in [2.75, 3.05) is 4.90 Å². The molecule has 0 aliphatic carbocycles. The molecule has 0 amide bonds. The highest BCUT2D eigenvalue weighted by molar-refractivity contribution is 5.95. The van der Waals surface area contributed by atoms with Crippen molar-refractivity contribution in [1.29, 1.82) is 0 Å². The number of aromatic nitrogens is 2. The molecule has 0 N–H and O–H groups in total. The van der Waals surface area contributed by atoms with Crippen LogP contribution < -0.4 is 4.90 Å². The van der Waals surface area contributed by atoms with Crippen LogP contribution in [0, 0.1) is 6.92 Å². The molecule has 5 aromatic rings. The molecule has 186 valence electrons. The average molecular weight is 494 g/mol. The maximum absolute atomic E-state index is 4.75. The molecule has 0 saturated carbocycles. The quantitative estimate of drug-likeness (QED) is 0.246. The zero-order chi connectivity index (χ0) is 26.3. The summed E-state index contributed by atoms with van der Waals surface area (Å²) in [4.78, 5) is 11.8. The van der Waals surface area contributed by atoms with Gasteiger partial charge in [-0.15, -0.1) is 0 Å². The van der Waals surface area contributed by atoms with Gasteiger partial charge in [-0.2, -0.15) is 0 Å². The zero-order valence-corrected chi connectivity index (χ0v) is 22.3. The van der Waals surface area contributed by atoms with Crippen LogP contribution in [0.2, 0.25) is 0 Å². The first-order valence-electron chi connectivity index (χ1n) is 13.1. The third-order valence-corrected chi connectivity index (χ3v) is 7.13. The third-order valence-electron chi connectivity index (χ3n) is 7.13. The van der Waals surface area contributed by atoms with Gasteiger partial charge in [0.2, 0.25) is 0 Å². The van der Waals surface area contributed by atoms with E-state index in [9.17, 15) is 0 Å². The first kappa shape index (κ1) is 23.9. The Morgan fingerprint density at radius 1 is 0.605 bits per heavy atom. The molecule has 0 atom stereocenters. The number of benzene rings is 3. The second-order valence-corrected chi connectivity index (χ2v) is 10.9. The number of anilines is 3. The van der Waals surface area contributed by atoms with Crippen molar-refractivity contribution in [3.63, 3.8) is 0 Å². The van der Waals surface area contributed by atoms with Crippen LogP contribution in [0.25, 0.3) is 34.7 Å². The fourth-order valence-electron chi connectivity index (χ4n) is 5.01. The third kappa shape index (κ3) is 4.52. The summed E-state index contributed by atoms with van der Waals surface area (Å²) in [5.41, 5.74) is 12.4. The summed E-state index contributed by atoms with van der Waals surface area (Å²) in [6, 6.07) is 32.4. The number of hydrogen-bond donors (Lipinski definition) is 0. The molecule has 3 heteroatoms. The Bertz CT molecular complexity index is 1670. The summed E-state index contributed by atoms with van der Waals surface area (Å²) in [6.07, 6.45) is 8.22. The lowest BCUT2D eigenvalue weighted by Gasteiger charge is -2.28. The predicted molar refractivity (Wildman–Crippen MR) is 160 cm³/mol. The average Bonchev–Trinajstić information content (AvgIpc) is 3.09. The van der Waals surface area contributed by atoms with Gasteiger partial charge >= 0.3 is 0 Å². The van der Waals surface area contributed by atoms with Crippen molar-refractivity contribution >= 4 is 29.2 Å². The van der Waals surface area contributed by atoms with Gasteiger partial charge in [0.25, 0.3) is 0 Å². The van der Waals surface area contributed by atoms with E-state index in [4.69, 9.17) is 4.98 Å². The van der Waals surface area contributed by atoms with E-state index in [-0.39, 0.29) is 5.41 Å². The SMILES string of the molecule is Cc1ccnc(-c2cccc(N3c4ccccc4C=Cc4ccc(-c5cc(C(C)(C)C)ccn5)cc43)c2)c1. The summed E-state index contributed by atoms with van der Waals surface area (Å²) in [6.45, 7) is 8.82. The Labute approximate surface area is 225 Å². The van der Waals surface area contributed by atoms with E-state index in [1.807, 2.05) is 18.5 Å². The number of aryl methyl sites for hydroxylation is 1. The van der Waals surface area contributed by atoms with Gasteiger partial charge in [0, 0.05) is 29.2 Å². The number of fused-ring (bicyclic) bond motifs is 2. The first-order valence-corrected chi connectivity index (χ1v) is 13.1. The lowest BCUT2D eigenvalue weighted by atomic mass is 9.87. The van der Waals surface area contributed by atoms with Crippen LogP contribution in [-0.2, 0) is 5.41 Å². The van der Waals surface area contributed by atoms with Crippen LogP contribution in [-0.4, -0.2) is 9.97 Å². The Kier molecular flexibility index (Phi) is 5.92. The molecule has 1 aliphatic rings. The van der Waals surface area contributed by atoms with Crippen LogP contribution in [0.5, 0.6) is 0 Å². The summed E-state index contributed by atoms with van der Waals surface area (Å²) < 4.78 is 0. The van der Waals surface area contributed by atoms with E-state index in [0.717, 1.165) is 45.1 Å². The van der Waals surface area contributed by atoms with Gasteiger partial charge in [-0.3, -0.25) is 9.97 Å². The van der Waals surface area contributed by atoms with Gasteiger partial charge in [-0.05, 0) is 83.1 Å². The molecular weight excluding hydrogens is 462 g/mol. The molecular formula is C35H31N3. The second kappa shape index (κ2) is 9.42. The van der Waals surface area contributed by atoms with E-state index < -0.39 is 0 Å². The monoisotopic (exact) mass is 493 g/mol. The summed E-state index contributed by atoms with van der Waals surface area (Å²) in [5.74, 6) is 0. The van der Waals surface area contributed by atoms with E-state index in [1.54, 1.807) is 0 Å². The van der Waals surface area contributed by atoms with Gasteiger partial charge < -0.3 is 4.90 Å². The lowest BCUT2D eigenvalue weighted by Crippen LogP contribution is -2.12. The summed E-state index contributed by atoms with van der Waals surface area (Å²) in [5, 5.41) is 0. The zero-order valence-electron chi connectivity index (χ0n) is 22.3. The molecule has 0 spiro atoms. The van der Waals surface area contributed by atoms with Crippen LogP contribution in [0.1, 0.15) is 43.0 Å². The Morgan fingerprint density at radius 3 is 2.11 bits per heavy atom. The molecule has 0 radical (unpaired) electrons. The fourth-order valence-corrected chi connectivity index (χ4v) is 5.01. The minimum atomic E-state index is 0.0569. The molecule has 3 heterocycles. The van der Waals surface area contributed by atoms with Gasteiger partial charge in [0.05, 0.1) is 22.8 Å². The molecule has 3 aromatic carbocycles. The predicted octanol–water partition coefficient (Wildman–Crippen LogP) is 9.37. The second-order valence-electron chi connectivity index (χ2n) is 10.9. The maximum Gasteiger partial charge on any atom is 0.0705 e. The number of rotatable bonds is 3. The van der Waals surface area contributed by atoms with Crippen LogP contribution in [0.4, 0.5) is 17.1 Å². The van der Waals surface area contributed by atoms with Crippen LogP contribution in [0.3, 0.4) is 0 Å². The normalized spacial score (nSPS) is 12.6. The molecule has 6 rings (SSSR count). The molecule has 0 fully saturated rings. The van der Waals surface area contributed by atoms with Crippen molar-refractivity contribution in [1.82, 2.24) is 9.97 Å². The molecule has 0 unspecified atom stereocenters. The van der Waals surface area contributed by atoms with Crippen molar-refractivity contribution in [2.24, 2.45) is 0 Å². The van der Waals surface area contributed by atoms with Gasteiger partial charge in [0.1, 0.15) is 0 Å². The maximum atomic E-state index is 4.75. The van der Waals surface area contributed by atoms with Crippen LogP contribution >= 0.6 is 0 Å². The van der Waals surface area contributed by atoms with E-state index >= 15 is 0 Å². The van der Waals surface area contributed by atoms with Gasteiger partial charge in [-0.25, -0.2) is 0 Å². The highest BCUT2D eigenvalue weighted by atomic mass is 15.1. The highest BCUT2D eigenvalue weighted by Gasteiger charge is 2.22. The van der Waals surface area contributed by atoms with Gasteiger partial charge in [-0.1, -0.05) is 75.4 Å².